The minimum atomic E-state index is -0.0521. The van der Waals surface area contributed by atoms with E-state index in [-0.39, 0.29) is 24.3 Å². The second-order valence-electron chi connectivity index (χ2n) is 9.36. The van der Waals surface area contributed by atoms with E-state index < -0.39 is 0 Å². The van der Waals surface area contributed by atoms with E-state index in [1.165, 1.54) is 0 Å². The van der Waals surface area contributed by atoms with E-state index in [9.17, 15) is 9.59 Å². The molecule has 7 heteroatoms. The van der Waals surface area contributed by atoms with Gasteiger partial charge in [-0.05, 0) is 62.4 Å². The summed E-state index contributed by atoms with van der Waals surface area (Å²) in [7, 11) is 3.23. The Balaban J connectivity index is 1.72. The molecule has 0 bridgehead atoms. The third-order valence-corrected chi connectivity index (χ3v) is 6.74. The molecule has 0 spiro atoms. The standard InChI is InChI=1S/C28H40N2O5/c1-5-6-7-16-30(28(32)23-9-8-10-23)20-27(31)29(19-24-13-11-21(2)35-24)17-15-22-12-14-25(33-3)26(18-22)34-4/h11-14,18,23H,5-10,15-17,19-20H2,1-4H3. The molecular weight excluding hydrogens is 444 g/mol. The molecular formula is C28H40N2O5. The van der Waals surface area contributed by atoms with Gasteiger partial charge in [-0.25, -0.2) is 0 Å². The Labute approximate surface area is 209 Å². The number of unbranched alkanes of at least 4 members (excludes halogenated alkanes) is 2. The third kappa shape index (κ3) is 7.51. The fourth-order valence-electron chi connectivity index (χ4n) is 4.35. The van der Waals surface area contributed by atoms with E-state index >= 15 is 0 Å². The molecule has 2 amide bonds. The van der Waals surface area contributed by atoms with Gasteiger partial charge in [-0.15, -0.1) is 0 Å². The van der Waals surface area contributed by atoms with Gasteiger partial charge in [0.15, 0.2) is 11.5 Å². The predicted octanol–water partition coefficient (Wildman–Crippen LogP) is 5.00. The number of carbonyl (C=O) groups is 2. The molecule has 35 heavy (non-hydrogen) atoms. The lowest BCUT2D eigenvalue weighted by molar-refractivity contribution is -0.145. The normalized spacial score (nSPS) is 13.3. The van der Waals surface area contributed by atoms with Gasteiger partial charge in [0, 0.05) is 19.0 Å². The molecule has 192 valence electrons. The largest absolute Gasteiger partial charge is 0.493 e. The highest BCUT2D eigenvalue weighted by Gasteiger charge is 2.31. The molecule has 7 nitrogen and oxygen atoms in total. The average Bonchev–Trinajstić information content (AvgIpc) is 3.24. The number of aryl methyl sites for hydroxylation is 1. The Kier molecular flexibility index (Phi) is 10.1. The highest BCUT2D eigenvalue weighted by Crippen LogP contribution is 2.29. The zero-order chi connectivity index (χ0) is 25.2. The number of benzene rings is 1. The van der Waals surface area contributed by atoms with E-state index in [1.54, 1.807) is 24.0 Å². The van der Waals surface area contributed by atoms with Gasteiger partial charge in [-0.3, -0.25) is 9.59 Å². The molecule has 1 saturated carbocycles. The summed E-state index contributed by atoms with van der Waals surface area (Å²) < 4.78 is 16.5. The number of carbonyl (C=O) groups excluding carboxylic acids is 2. The van der Waals surface area contributed by atoms with Crippen LogP contribution in [0.25, 0.3) is 0 Å². The zero-order valence-electron chi connectivity index (χ0n) is 21.7. The molecule has 0 unspecified atom stereocenters. The van der Waals surface area contributed by atoms with Crippen molar-refractivity contribution in [3.63, 3.8) is 0 Å². The molecule has 0 radical (unpaired) electrons. The van der Waals surface area contributed by atoms with Gasteiger partial charge < -0.3 is 23.7 Å². The number of ether oxygens (including phenoxy) is 2. The van der Waals surface area contributed by atoms with Crippen molar-refractivity contribution in [2.45, 2.75) is 65.3 Å². The highest BCUT2D eigenvalue weighted by atomic mass is 16.5. The van der Waals surface area contributed by atoms with Crippen LogP contribution in [-0.2, 0) is 22.6 Å². The summed E-state index contributed by atoms with van der Waals surface area (Å²) >= 11 is 0. The molecule has 0 aliphatic heterocycles. The molecule has 1 aliphatic carbocycles. The van der Waals surface area contributed by atoms with Crippen molar-refractivity contribution in [1.82, 2.24) is 9.80 Å². The van der Waals surface area contributed by atoms with E-state index in [2.05, 4.69) is 6.92 Å². The van der Waals surface area contributed by atoms with Crippen LogP contribution in [0.1, 0.15) is 62.5 Å². The summed E-state index contributed by atoms with van der Waals surface area (Å²) in [5, 5.41) is 0. The summed E-state index contributed by atoms with van der Waals surface area (Å²) in [5.41, 5.74) is 1.04. The van der Waals surface area contributed by atoms with Crippen LogP contribution in [0.5, 0.6) is 11.5 Å². The SMILES string of the molecule is CCCCCN(CC(=O)N(CCc1ccc(OC)c(OC)c1)Cc1ccc(C)o1)C(=O)C1CCC1. The minimum absolute atomic E-state index is 0.0521. The Bertz CT molecular complexity index is 966. The van der Waals surface area contributed by atoms with Gasteiger partial charge in [0.05, 0.1) is 27.3 Å². The second kappa shape index (κ2) is 13.2. The van der Waals surface area contributed by atoms with Crippen LogP contribution >= 0.6 is 0 Å². The third-order valence-electron chi connectivity index (χ3n) is 6.74. The number of hydrogen-bond acceptors (Lipinski definition) is 5. The molecule has 0 N–H and O–H groups in total. The minimum Gasteiger partial charge on any atom is -0.493 e. The zero-order valence-corrected chi connectivity index (χ0v) is 21.7. The van der Waals surface area contributed by atoms with Crippen LogP contribution in [0.4, 0.5) is 0 Å². The number of rotatable bonds is 14. The monoisotopic (exact) mass is 484 g/mol. The van der Waals surface area contributed by atoms with Crippen molar-refractivity contribution in [2.24, 2.45) is 5.92 Å². The fraction of sp³-hybridized carbons (Fsp3) is 0.571. The van der Waals surface area contributed by atoms with Crippen LogP contribution in [0, 0.1) is 12.8 Å². The van der Waals surface area contributed by atoms with Crippen molar-refractivity contribution in [2.75, 3.05) is 33.9 Å². The smallest absolute Gasteiger partial charge is 0.242 e. The van der Waals surface area contributed by atoms with Crippen LogP contribution in [0.15, 0.2) is 34.7 Å². The molecule has 0 atom stereocenters. The molecule has 1 aliphatic rings. The second-order valence-corrected chi connectivity index (χ2v) is 9.36. The lowest BCUT2D eigenvalue weighted by Crippen LogP contribution is -2.46. The number of furan rings is 1. The summed E-state index contributed by atoms with van der Waals surface area (Å²) in [6, 6.07) is 9.62. The van der Waals surface area contributed by atoms with Crippen molar-refractivity contribution in [3.8, 4) is 11.5 Å². The molecule has 1 heterocycles. The number of nitrogens with zero attached hydrogens (tertiary/aromatic N) is 2. The van der Waals surface area contributed by atoms with E-state index in [4.69, 9.17) is 13.9 Å². The van der Waals surface area contributed by atoms with Crippen molar-refractivity contribution < 1.29 is 23.5 Å². The van der Waals surface area contributed by atoms with Gasteiger partial charge in [-0.2, -0.15) is 0 Å². The lowest BCUT2D eigenvalue weighted by atomic mass is 9.84. The van der Waals surface area contributed by atoms with E-state index in [0.29, 0.717) is 37.6 Å². The maximum atomic E-state index is 13.5. The van der Waals surface area contributed by atoms with Crippen LogP contribution in [-0.4, -0.2) is 55.5 Å². The Morgan fingerprint density at radius 2 is 1.77 bits per heavy atom. The maximum Gasteiger partial charge on any atom is 0.242 e. The van der Waals surface area contributed by atoms with E-state index in [0.717, 1.165) is 55.6 Å². The van der Waals surface area contributed by atoms with Crippen molar-refractivity contribution in [3.05, 3.63) is 47.4 Å². The summed E-state index contributed by atoms with van der Waals surface area (Å²) in [6.07, 6.45) is 6.68. The van der Waals surface area contributed by atoms with Crippen molar-refractivity contribution >= 4 is 11.8 Å². The number of hydrogen-bond donors (Lipinski definition) is 0. The average molecular weight is 485 g/mol. The van der Waals surface area contributed by atoms with Crippen LogP contribution in [0.2, 0.25) is 0 Å². The van der Waals surface area contributed by atoms with Gasteiger partial charge in [0.2, 0.25) is 11.8 Å². The molecule has 0 saturated heterocycles. The lowest BCUT2D eigenvalue weighted by Gasteiger charge is -2.33. The Hall–Kier alpha value is -2.96. The summed E-state index contributed by atoms with van der Waals surface area (Å²) in [4.78, 5) is 30.2. The van der Waals surface area contributed by atoms with Gasteiger partial charge in [0.1, 0.15) is 11.5 Å². The first-order valence-electron chi connectivity index (χ1n) is 12.8. The van der Waals surface area contributed by atoms with E-state index in [1.807, 2.05) is 37.3 Å². The van der Waals surface area contributed by atoms with Crippen LogP contribution in [0.3, 0.4) is 0 Å². The predicted molar refractivity (Wildman–Crippen MR) is 136 cm³/mol. The first-order chi connectivity index (χ1) is 16.9. The van der Waals surface area contributed by atoms with Gasteiger partial charge in [0.25, 0.3) is 0 Å². The van der Waals surface area contributed by atoms with Crippen molar-refractivity contribution in [1.29, 1.82) is 0 Å². The quantitative estimate of drug-likeness (QED) is 0.353. The number of amides is 2. The first kappa shape index (κ1) is 26.6. The topological polar surface area (TPSA) is 72.2 Å². The molecule has 2 aromatic rings. The first-order valence-corrected chi connectivity index (χ1v) is 12.8. The molecule has 1 aromatic carbocycles. The fourth-order valence-corrected chi connectivity index (χ4v) is 4.35. The number of methoxy groups -OCH3 is 2. The Morgan fingerprint density at radius 1 is 1.00 bits per heavy atom. The molecule has 3 rings (SSSR count). The maximum absolute atomic E-state index is 13.5. The van der Waals surface area contributed by atoms with Gasteiger partial charge in [-0.1, -0.05) is 32.3 Å². The molecule has 1 fully saturated rings. The van der Waals surface area contributed by atoms with Crippen LogP contribution < -0.4 is 9.47 Å². The highest BCUT2D eigenvalue weighted by molar-refractivity contribution is 5.86. The Morgan fingerprint density at radius 3 is 2.37 bits per heavy atom. The molecule has 1 aromatic heterocycles. The summed E-state index contributed by atoms with van der Waals surface area (Å²) in [6.45, 7) is 5.67. The summed E-state index contributed by atoms with van der Waals surface area (Å²) in [5.74, 6) is 3.06. The van der Waals surface area contributed by atoms with Gasteiger partial charge >= 0.3 is 0 Å².